The minimum atomic E-state index is -0.320. The minimum absolute atomic E-state index is 0.181. The van der Waals surface area contributed by atoms with Crippen LogP contribution in [0.1, 0.15) is 12.7 Å². The van der Waals surface area contributed by atoms with E-state index in [0.717, 1.165) is 0 Å². The molecule has 0 fully saturated rings. The van der Waals surface area contributed by atoms with Gasteiger partial charge < -0.3 is 5.11 Å². The smallest absolute Gasteiger partial charge is 0.263 e. The zero-order chi connectivity index (χ0) is 10.8. The molecule has 1 N–H and O–H groups in total. The second-order valence-electron chi connectivity index (χ2n) is 3.27. The van der Waals surface area contributed by atoms with E-state index in [1.807, 2.05) is 13.0 Å². The molecule has 0 radical (unpaired) electrons. The van der Waals surface area contributed by atoms with Crippen molar-refractivity contribution in [2.45, 2.75) is 20.1 Å². The van der Waals surface area contributed by atoms with E-state index in [1.165, 1.54) is 4.57 Å². The van der Waals surface area contributed by atoms with Gasteiger partial charge in [-0.15, -0.1) is 0 Å². The lowest BCUT2D eigenvalue weighted by molar-refractivity contribution is 0.201. The van der Waals surface area contributed by atoms with Crippen molar-refractivity contribution in [2.75, 3.05) is 0 Å². The quantitative estimate of drug-likeness (QED) is 0.791. The molecule has 0 spiro atoms. The molecule has 1 aromatic carbocycles. The van der Waals surface area contributed by atoms with Gasteiger partial charge in [0.2, 0.25) is 0 Å². The number of aliphatic hydroxyl groups is 1. The van der Waals surface area contributed by atoms with Crippen LogP contribution in [0, 0.1) is 0 Å². The van der Waals surface area contributed by atoms with E-state index >= 15 is 0 Å². The standard InChI is InChI=1S/C11H12N2O2/c1-2-10-12-9-6-4-3-5-8(9)11(15)13(10)7-14/h3-6,14H,2,7H2,1H3. The maximum Gasteiger partial charge on any atom is 0.263 e. The molecule has 2 rings (SSSR count). The van der Waals surface area contributed by atoms with Gasteiger partial charge in [0.05, 0.1) is 10.9 Å². The Morgan fingerprint density at radius 2 is 2.13 bits per heavy atom. The molecule has 15 heavy (non-hydrogen) atoms. The van der Waals surface area contributed by atoms with E-state index in [-0.39, 0.29) is 12.3 Å². The van der Waals surface area contributed by atoms with Gasteiger partial charge >= 0.3 is 0 Å². The second kappa shape index (κ2) is 3.82. The monoisotopic (exact) mass is 204 g/mol. The van der Waals surface area contributed by atoms with Crippen LogP contribution in [0.15, 0.2) is 29.1 Å². The van der Waals surface area contributed by atoms with Crippen LogP contribution < -0.4 is 5.56 Å². The van der Waals surface area contributed by atoms with Crippen molar-refractivity contribution >= 4 is 10.9 Å². The molecule has 0 aliphatic rings. The van der Waals surface area contributed by atoms with Gasteiger partial charge in [0.25, 0.3) is 5.56 Å². The summed E-state index contributed by atoms with van der Waals surface area (Å²) in [7, 11) is 0. The van der Waals surface area contributed by atoms with Crippen molar-refractivity contribution < 1.29 is 5.11 Å². The summed E-state index contributed by atoms with van der Waals surface area (Å²) in [6.07, 6.45) is 0.626. The van der Waals surface area contributed by atoms with Crippen molar-refractivity contribution in [3.63, 3.8) is 0 Å². The zero-order valence-corrected chi connectivity index (χ0v) is 8.47. The average Bonchev–Trinajstić information content (AvgIpc) is 2.29. The molecule has 4 heteroatoms. The number of rotatable bonds is 2. The fraction of sp³-hybridized carbons (Fsp3) is 0.273. The third-order valence-corrected chi connectivity index (χ3v) is 2.40. The normalized spacial score (nSPS) is 10.8. The number of nitrogens with zero attached hydrogens (tertiary/aromatic N) is 2. The Labute approximate surface area is 86.8 Å². The van der Waals surface area contributed by atoms with E-state index in [0.29, 0.717) is 23.1 Å². The number of hydrogen-bond donors (Lipinski definition) is 1. The number of aromatic nitrogens is 2. The van der Waals surface area contributed by atoms with Crippen LogP contribution in [0.4, 0.5) is 0 Å². The lowest BCUT2D eigenvalue weighted by Gasteiger charge is -2.08. The fourth-order valence-corrected chi connectivity index (χ4v) is 1.63. The molecule has 0 aliphatic carbocycles. The molecule has 0 saturated carbocycles. The van der Waals surface area contributed by atoms with Crippen LogP contribution in [0.25, 0.3) is 10.9 Å². The summed E-state index contributed by atoms with van der Waals surface area (Å²) >= 11 is 0. The highest BCUT2D eigenvalue weighted by atomic mass is 16.3. The van der Waals surface area contributed by atoms with Crippen molar-refractivity contribution in [3.8, 4) is 0 Å². The third kappa shape index (κ3) is 1.53. The van der Waals surface area contributed by atoms with Gasteiger partial charge in [0, 0.05) is 6.42 Å². The summed E-state index contributed by atoms with van der Waals surface area (Å²) < 4.78 is 1.29. The Hall–Kier alpha value is -1.68. The highest BCUT2D eigenvalue weighted by Crippen LogP contribution is 2.07. The van der Waals surface area contributed by atoms with Gasteiger partial charge in [0.1, 0.15) is 12.6 Å². The first-order chi connectivity index (χ1) is 7.27. The predicted octanol–water partition coefficient (Wildman–Crippen LogP) is 0.909. The van der Waals surface area contributed by atoms with Gasteiger partial charge in [-0.3, -0.25) is 9.36 Å². The second-order valence-corrected chi connectivity index (χ2v) is 3.27. The van der Waals surface area contributed by atoms with Gasteiger partial charge in [-0.05, 0) is 12.1 Å². The predicted molar refractivity (Wildman–Crippen MR) is 57.6 cm³/mol. The Morgan fingerprint density at radius 3 is 2.80 bits per heavy atom. The average molecular weight is 204 g/mol. The van der Waals surface area contributed by atoms with Crippen LogP contribution in [0.2, 0.25) is 0 Å². The molecule has 1 aromatic heterocycles. The largest absolute Gasteiger partial charge is 0.376 e. The molecule has 0 saturated heterocycles. The first-order valence-electron chi connectivity index (χ1n) is 4.87. The topological polar surface area (TPSA) is 55.1 Å². The molecule has 0 bridgehead atoms. The van der Waals surface area contributed by atoms with Gasteiger partial charge in [-0.1, -0.05) is 19.1 Å². The zero-order valence-electron chi connectivity index (χ0n) is 8.47. The summed E-state index contributed by atoms with van der Waals surface area (Å²) in [4.78, 5) is 16.2. The molecule has 78 valence electrons. The first kappa shape index (κ1) is 9.86. The Bertz CT molecular complexity index is 546. The summed E-state index contributed by atoms with van der Waals surface area (Å²) in [6, 6.07) is 7.16. The van der Waals surface area contributed by atoms with Gasteiger partial charge in [-0.25, -0.2) is 4.98 Å². The molecule has 2 aromatic rings. The Morgan fingerprint density at radius 1 is 1.40 bits per heavy atom. The van der Waals surface area contributed by atoms with Gasteiger partial charge in [-0.2, -0.15) is 0 Å². The van der Waals surface area contributed by atoms with Crippen LogP contribution in [0.3, 0.4) is 0 Å². The van der Waals surface area contributed by atoms with Crippen LogP contribution in [0.5, 0.6) is 0 Å². The summed E-state index contributed by atoms with van der Waals surface area (Å²) in [5.41, 5.74) is 0.504. The van der Waals surface area contributed by atoms with Crippen LogP contribution in [-0.4, -0.2) is 14.7 Å². The number of aliphatic hydroxyl groups excluding tert-OH is 1. The number of para-hydroxylation sites is 1. The van der Waals surface area contributed by atoms with Crippen molar-refractivity contribution in [1.82, 2.24) is 9.55 Å². The molecule has 1 heterocycles. The van der Waals surface area contributed by atoms with Crippen molar-refractivity contribution in [2.24, 2.45) is 0 Å². The number of aryl methyl sites for hydroxylation is 1. The fourth-order valence-electron chi connectivity index (χ4n) is 1.63. The highest BCUT2D eigenvalue weighted by molar-refractivity contribution is 5.77. The molecule has 0 amide bonds. The SMILES string of the molecule is CCc1nc2ccccc2c(=O)n1CO. The molecule has 0 atom stereocenters. The van der Waals surface area contributed by atoms with Crippen molar-refractivity contribution in [1.29, 1.82) is 0 Å². The molecule has 0 aliphatic heterocycles. The summed E-state index contributed by atoms with van der Waals surface area (Å²) in [5.74, 6) is 0.612. The Kier molecular flexibility index (Phi) is 2.51. The maximum atomic E-state index is 11.9. The molecule has 0 unspecified atom stereocenters. The molecule has 4 nitrogen and oxygen atoms in total. The summed E-state index contributed by atoms with van der Waals surface area (Å²) in [6.45, 7) is 1.59. The number of benzene rings is 1. The highest BCUT2D eigenvalue weighted by Gasteiger charge is 2.07. The minimum Gasteiger partial charge on any atom is -0.376 e. The molecular formula is C11H12N2O2. The van der Waals surface area contributed by atoms with E-state index < -0.39 is 0 Å². The van der Waals surface area contributed by atoms with E-state index in [2.05, 4.69) is 4.98 Å². The molecular weight excluding hydrogens is 192 g/mol. The van der Waals surface area contributed by atoms with E-state index in [9.17, 15) is 4.79 Å². The van der Waals surface area contributed by atoms with Gasteiger partial charge in [0.15, 0.2) is 0 Å². The lowest BCUT2D eigenvalue weighted by Crippen LogP contribution is -2.25. The van der Waals surface area contributed by atoms with E-state index in [1.54, 1.807) is 18.2 Å². The first-order valence-corrected chi connectivity index (χ1v) is 4.87. The lowest BCUT2D eigenvalue weighted by atomic mass is 10.2. The maximum absolute atomic E-state index is 11.9. The Balaban J connectivity index is 2.88. The summed E-state index contributed by atoms with van der Waals surface area (Å²) in [5, 5.41) is 9.66. The van der Waals surface area contributed by atoms with Crippen LogP contribution >= 0.6 is 0 Å². The van der Waals surface area contributed by atoms with Crippen LogP contribution in [-0.2, 0) is 13.2 Å². The third-order valence-electron chi connectivity index (χ3n) is 2.40. The number of fused-ring (bicyclic) bond motifs is 1. The van der Waals surface area contributed by atoms with Crippen molar-refractivity contribution in [3.05, 3.63) is 40.4 Å². The van der Waals surface area contributed by atoms with E-state index in [4.69, 9.17) is 5.11 Å². The number of hydrogen-bond acceptors (Lipinski definition) is 3.